The average Bonchev–Trinajstić information content (AvgIpc) is 3.14. The van der Waals surface area contributed by atoms with Gasteiger partial charge in [-0.05, 0) is 42.8 Å². The van der Waals surface area contributed by atoms with Gasteiger partial charge in [-0.25, -0.2) is 4.52 Å². The molecule has 0 amide bonds. The Morgan fingerprint density at radius 1 is 1.19 bits per heavy atom. The smallest absolute Gasteiger partial charge is 0.191 e. The Kier molecular flexibility index (Phi) is 4.42. The van der Waals surface area contributed by atoms with Crippen molar-refractivity contribution in [1.82, 2.24) is 14.2 Å². The monoisotopic (exact) mass is 375 g/mol. The van der Waals surface area contributed by atoms with Gasteiger partial charge in [0.1, 0.15) is 5.65 Å². The van der Waals surface area contributed by atoms with Crippen LogP contribution in [0.2, 0.25) is 5.02 Å². The summed E-state index contributed by atoms with van der Waals surface area (Å²) in [5.41, 5.74) is 4.96. The molecule has 0 radical (unpaired) electrons. The molecule has 0 saturated carbocycles. The Balaban J connectivity index is 1.87. The number of fused-ring (bicyclic) bond motifs is 3. The highest BCUT2D eigenvalue weighted by atomic mass is 35.5. The van der Waals surface area contributed by atoms with Crippen LogP contribution >= 0.6 is 11.6 Å². The number of aryl methyl sites for hydroxylation is 1. The van der Waals surface area contributed by atoms with Crippen molar-refractivity contribution in [1.29, 1.82) is 0 Å². The highest BCUT2D eigenvalue weighted by Gasteiger charge is 2.21. The molecular weight excluding hydrogens is 358 g/mol. The number of carbonyl (C=O) groups excluding carboxylic acids is 1. The van der Waals surface area contributed by atoms with Crippen LogP contribution in [0.5, 0.6) is 0 Å². The van der Waals surface area contributed by atoms with E-state index in [9.17, 15) is 4.79 Å². The standard InChI is InChI=1S/C22H18ClN3O/c1-3-13-25-18-9-4-5-10-19(18)26-22(25)21(15(2)24-26)20(27)12-11-16-7-6-8-17(23)14-16/h3-12,14H,1,13H2,2H3/b12-11+. The number of para-hydroxylation sites is 2. The van der Waals surface area contributed by atoms with Gasteiger partial charge in [0.05, 0.1) is 22.3 Å². The van der Waals surface area contributed by atoms with E-state index in [0.29, 0.717) is 22.8 Å². The van der Waals surface area contributed by atoms with Gasteiger partial charge < -0.3 is 4.57 Å². The van der Waals surface area contributed by atoms with E-state index < -0.39 is 0 Å². The van der Waals surface area contributed by atoms with Gasteiger partial charge in [-0.1, -0.05) is 48.0 Å². The molecule has 4 nitrogen and oxygen atoms in total. The third kappa shape index (κ3) is 2.98. The van der Waals surface area contributed by atoms with E-state index in [1.54, 1.807) is 18.2 Å². The first-order valence-corrected chi connectivity index (χ1v) is 9.03. The maximum atomic E-state index is 13.0. The molecule has 0 bridgehead atoms. The number of halogens is 1. The van der Waals surface area contributed by atoms with Crippen LogP contribution in [0.3, 0.4) is 0 Å². The number of hydrogen-bond acceptors (Lipinski definition) is 2. The predicted octanol–water partition coefficient (Wildman–Crippen LogP) is 5.33. The van der Waals surface area contributed by atoms with E-state index in [4.69, 9.17) is 11.6 Å². The summed E-state index contributed by atoms with van der Waals surface area (Å²) >= 11 is 6.02. The van der Waals surface area contributed by atoms with E-state index in [2.05, 4.69) is 16.2 Å². The van der Waals surface area contributed by atoms with Gasteiger partial charge in [-0.3, -0.25) is 4.79 Å². The number of rotatable bonds is 5. The zero-order valence-corrected chi connectivity index (χ0v) is 15.6. The lowest BCUT2D eigenvalue weighted by molar-refractivity contribution is 0.104. The van der Waals surface area contributed by atoms with Crippen molar-refractivity contribution in [2.75, 3.05) is 0 Å². The molecule has 0 fully saturated rings. The minimum Gasteiger partial charge on any atom is -0.320 e. The second kappa shape index (κ2) is 6.89. The molecule has 0 unspecified atom stereocenters. The van der Waals surface area contributed by atoms with Crippen LogP contribution in [0.15, 0.2) is 67.3 Å². The molecule has 0 spiro atoms. The largest absolute Gasteiger partial charge is 0.320 e. The number of carbonyl (C=O) groups is 1. The van der Waals surface area contributed by atoms with Crippen molar-refractivity contribution < 1.29 is 4.79 Å². The van der Waals surface area contributed by atoms with Crippen LogP contribution in [0.1, 0.15) is 21.6 Å². The fourth-order valence-corrected chi connectivity index (χ4v) is 3.58. The van der Waals surface area contributed by atoms with Crippen molar-refractivity contribution in [2.24, 2.45) is 0 Å². The lowest BCUT2D eigenvalue weighted by atomic mass is 10.1. The van der Waals surface area contributed by atoms with Gasteiger partial charge in [0.25, 0.3) is 0 Å². The molecule has 2 aromatic carbocycles. The summed E-state index contributed by atoms with van der Waals surface area (Å²) in [6.07, 6.45) is 5.17. The van der Waals surface area contributed by atoms with Crippen LogP contribution < -0.4 is 0 Å². The molecular formula is C22H18ClN3O. The molecule has 0 atom stereocenters. The molecule has 0 aliphatic rings. The first-order chi connectivity index (χ1) is 13.1. The summed E-state index contributed by atoms with van der Waals surface area (Å²) in [7, 11) is 0. The average molecular weight is 376 g/mol. The normalized spacial score (nSPS) is 11.6. The first kappa shape index (κ1) is 17.3. The van der Waals surface area contributed by atoms with Crippen LogP contribution in [-0.2, 0) is 6.54 Å². The van der Waals surface area contributed by atoms with Crippen molar-refractivity contribution in [3.63, 3.8) is 0 Å². The zero-order chi connectivity index (χ0) is 19.0. The Hall–Kier alpha value is -3.11. The van der Waals surface area contributed by atoms with Gasteiger partial charge in [0.15, 0.2) is 5.78 Å². The van der Waals surface area contributed by atoms with Gasteiger partial charge >= 0.3 is 0 Å². The van der Waals surface area contributed by atoms with Crippen molar-refractivity contribution in [3.8, 4) is 0 Å². The summed E-state index contributed by atoms with van der Waals surface area (Å²) in [6.45, 7) is 6.31. The molecule has 0 aliphatic carbocycles. The Bertz CT molecular complexity index is 1210. The molecule has 0 aliphatic heterocycles. The summed E-state index contributed by atoms with van der Waals surface area (Å²) in [6, 6.07) is 15.4. The van der Waals surface area contributed by atoms with Gasteiger partial charge in [-0.15, -0.1) is 6.58 Å². The SMILES string of the molecule is C=CCn1c2ccccc2n2nc(C)c(C(=O)/C=C/c3cccc(Cl)c3)c12. The molecule has 2 aromatic heterocycles. The van der Waals surface area contributed by atoms with Crippen LogP contribution in [0, 0.1) is 6.92 Å². The number of aromatic nitrogens is 3. The maximum absolute atomic E-state index is 13.0. The minimum atomic E-state index is -0.0874. The lowest BCUT2D eigenvalue weighted by Gasteiger charge is -2.03. The topological polar surface area (TPSA) is 39.3 Å². The number of benzene rings is 2. The molecule has 4 aromatic rings. The third-order valence-electron chi connectivity index (χ3n) is 4.53. The minimum absolute atomic E-state index is 0.0874. The molecule has 134 valence electrons. The molecule has 4 rings (SSSR count). The Morgan fingerprint density at radius 3 is 2.70 bits per heavy atom. The van der Waals surface area contributed by atoms with Crippen LogP contribution in [0.25, 0.3) is 22.8 Å². The van der Waals surface area contributed by atoms with Gasteiger partial charge in [0, 0.05) is 11.6 Å². The fourth-order valence-electron chi connectivity index (χ4n) is 3.39. The molecule has 0 saturated heterocycles. The number of nitrogens with zero attached hydrogens (tertiary/aromatic N) is 3. The number of allylic oxidation sites excluding steroid dienone is 2. The van der Waals surface area contributed by atoms with Crippen molar-refractivity contribution >= 4 is 40.1 Å². The first-order valence-electron chi connectivity index (χ1n) is 8.65. The number of ketones is 1. The molecule has 27 heavy (non-hydrogen) atoms. The summed E-state index contributed by atoms with van der Waals surface area (Å²) in [4.78, 5) is 13.0. The summed E-state index contributed by atoms with van der Waals surface area (Å²) in [5, 5.41) is 5.26. The third-order valence-corrected chi connectivity index (χ3v) is 4.76. The fraction of sp³-hybridized carbons (Fsp3) is 0.0909. The second-order valence-corrected chi connectivity index (χ2v) is 6.77. The van der Waals surface area contributed by atoms with Crippen molar-refractivity contribution in [2.45, 2.75) is 13.5 Å². The summed E-state index contributed by atoms with van der Waals surface area (Å²) < 4.78 is 3.91. The quantitative estimate of drug-likeness (QED) is 0.268. The maximum Gasteiger partial charge on any atom is 0.191 e. The van der Waals surface area contributed by atoms with E-state index in [1.165, 1.54) is 0 Å². The van der Waals surface area contributed by atoms with E-state index >= 15 is 0 Å². The van der Waals surface area contributed by atoms with Crippen LogP contribution in [-0.4, -0.2) is 20.0 Å². The zero-order valence-electron chi connectivity index (χ0n) is 14.9. The second-order valence-electron chi connectivity index (χ2n) is 6.34. The van der Waals surface area contributed by atoms with E-state index in [0.717, 1.165) is 22.2 Å². The molecule has 2 heterocycles. The Morgan fingerprint density at radius 2 is 1.96 bits per heavy atom. The lowest BCUT2D eigenvalue weighted by Crippen LogP contribution is -2.02. The van der Waals surface area contributed by atoms with Crippen LogP contribution in [0.4, 0.5) is 0 Å². The highest BCUT2D eigenvalue weighted by molar-refractivity contribution is 6.30. The van der Waals surface area contributed by atoms with E-state index in [1.807, 2.05) is 60.0 Å². The predicted molar refractivity (Wildman–Crippen MR) is 110 cm³/mol. The van der Waals surface area contributed by atoms with Gasteiger partial charge in [-0.2, -0.15) is 5.10 Å². The number of hydrogen-bond donors (Lipinski definition) is 0. The Labute approximate surface area is 162 Å². The highest BCUT2D eigenvalue weighted by Crippen LogP contribution is 2.26. The van der Waals surface area contributed by atoms with E-state index in [-0.39, 0.29) is 5.78 Å². The van der Waals surface area contributed by atoms with Crippen molar-refractivity contribution in [3.05, 3.63) is 89.1 Å². The van der Waals surface area contributed by atoms with Gasteiger partial charge in [0.2, 0.25) is 0 Å². The number of imidazole rings is 1. The molecule has 0 N–H and O–H groups in total. The molecule has 5 heteroatoms. The summed E-state index contributed by atoms with van der Waals surface area (Å²) in [5.74, 6) is -0.0874.